The van der Waals surface area contributed by atoms with Crippen LogP contribution < -0.4 is 4.74 Å². The first kappa shape index (κ1) is 18.7. The zero-order chi connectivity index (χ0) is 20.0. The van der Waals surface area contributed by atoms with Crippen LogP contribution in [0.3, 0.4) is 0 Å². The summed E-state index contributed by atoms with van der Waals surface area (Å²) < 4.78 is 22.5. The van der Waals surface area contributed by atoms with Crippen molar-refractivity contribution in [3.8, 4) is 11.4 Å². The minimum Gasteiger partial charge on any atom is -0.495 e. The van der Waals surface area contributed by atoms with E-state index >= 15 is 0 Å². The standard InChI is InChI=1S/C18H14Cl2FN5O2/c1-9-16(18(27)17-11(19)4-3-10-7-22-8-25(10)17)23-24-26(9)14-5-12(20)15(28-2)6-13(14)21/h3-8,18,27H,1-2H3. The normalized spacial score (nSPS) is 12.5. The van der Waals surface area contributed by atoms with Crippen LogP contribution in [0.2, 0.25) is 10.0 Å². The van der Waals surface area contributed by atoms with Gasteiger partial charge in [-0.05, 0) is 25.1 Å². The van der Waals surface area contributed by atoms with Crippen molar-refractivity contribution in [2.75, 3.05) is 7.11 Å². The van der Waals surface area contributed by atoms with E-state index in [0.29, 0.717) is 16.4 Å². The van der Waals surface area contributed by atoms with Crippen molar-refractivity contribution in [3.63, 3.8) is 0 Å². The van der Waals surface area contributed by atoms with Crippen molar-refractivity contribution in [1.82, 2.24) is 24.4 Å². The number of aliphatic hydroxyl groups excluding tert-OH is 1. The van der Waals surface area contributed by atoms with Crippen LogP contribution in [0.1, 0.15) is 23.2 Å². The molecule has 10 heteroatoms. The second-order valence-electron chi connectivity index (χ2n) is 6.07. The second kappa shape index (κ2) is 7.05. The molecule has 7 nitrogen and oxygen atoms in total. The van der Waals surface area contributed by atoms with Gasteiger partial charge < -0.3 is 9.84 Å². The molecule has 0 fully saturated rings. The average molecular weight is 422 g/mol. The fourth-order valence-electron chi connectivity index (χ4n) is 3.04. The highest BCUT2D eigenvalue weighted by Gasteiger charge is 2.25. The van der Waals surface area contributed by atoms with E-state index in [2.05, 4.69) is 15.3 Å². The molecule has 0 aliphatic carbocycles. The van der Waals surface area contributed by atoms with E-state index in [1.54, 1.807) is 36.0 Å². The molecule has 4 aromatic rings. The van der Waals surface area contributed by atoms with Gasteiger partial charge in [0, 0.05) is 6.07 Å². The maximum atomic E-state index is 14.5. The molecule has 4 rings (SSSR count). The number of halogens is 3. The Morgan fingerprint density at radius 3 is 2.75 bits per heavy atom. The Bertz CT molecular complexity index is 1190. The Balaban J connectivity index is 1.82. The van der Waals surface area contributed by atoms with Crippen molar-refractivity contribution < 1.29 is 14.2 Å². The van der Waals surface area contributed by atoms with Gasteiger partial charge in [-0.2, -0.15) is 0 Å². The summed E-state index contributed by atoms with van der Waals surface area (Å²) in [7, 11) is 1.40. The van der Waals surface area contributed by atoms with Crippen LogP contribution in [-0.4, -0.2) is 36.6 Å². The van der Waals surface area contributed by atoms with Gasteiger partial charge in [-0.15, -0.1) is 5.10 Å². The van der Waals surface area contributed by atoms with Gasteiger partial charge in [0.05, 0.1) is 46.6 Å². The number of ether oxygens (including phenoxy) is 1. The Labute approximate surface area is 168 Å². The summed E-state index contributed by atoms with van der Waals surface area (Å²) in [4.78, 5) is 4.07. The molecule has 3 heterocycles. The highest BCUT2D eigenvalue weighted by atomic mass is 35.5. The summed E-state index contributed by atoms with van der Waals surface area (Å²) in [6, 6.07) is 6.00. The molecule has 1 atom stereocenters. The maximum absolute atomic E-state index is 14.5. The molecule has 0 radical (unpaired) electrons. The lowest BCUT2D eigenvalue weighted by Crippen LogP contribution is -2.09. The number of methoxy groups -OCH3 is 1. The Morgan fingerprint density at radius 1 is 1.21 bits per heavy atom. The number of imidazole rings is 1. The number of hydrogen-bond acceptors (Lipinski definition) is 5. The molecule has 0 spiro atoms. The Morgan fingerprint density at radius 2 is 2.00 bits per heavy atom. The van der Waals surface area contributed by atoms with E-state index < -0.39 is 11.9 Å². The van der Waals surface area contributed by atoms with Crippen molar-refractivity contribution in [2.24, 2.45) is 0 Å². The molecule has 0 bridgehead atoms. The molecule has 28 heavy (non-hydrogen) atoms. The first-order chi connectivity index (χ1) is 13.4. The number of pyridine rings is 1. The van der Waals surface area contributed by atoms with E-state index in [-0.39, 0.29) is 22.2 Å². The highest BCUT2D eigenvalue weighted by Crippen LogP contribution is 2.33. The number of hydrogen-bond donors (Lipinski definition) is 1. The highest BCUT2D eigenvalue weighted by molar-refractivity contribution is 6.32. The van der Waals surface area contributed by atoms with Crippen molar-refractivity contribution >= 4 is 28.7 Å². The summed E-state index contributed by atoms with van der Waals surface area (Å²) >= 11 is 12.4. The average Bonchev–Trinajstić information content (AvgIpc) is 3.29. The molecule has 3 aromatic heterocycles. The van der Waals surface area contributed by atoms with Gasteiger partial charge in [0.15, 0.2) is 5.82 Å². The molecule has 1 N–H and O–H groups in total. The van der Waals surface area contributed by atoms with Gasteiger partial charge in [0.1, 0.15) is 23.2 Å². The van der Waals surface area contributed by atoms with Crippen LogP contribution in [-0.2, 0) is 0 Å². The van der Waals surface area contributed by atoms with Crippen LogP contribution in [0.4, 0.5) is 4.39 Å². The molecule has 1 aromatic carbocycles. The number of rotatable bonds is 4. The molecule has 0 amide bonds. The third kappa shape index (κ3) is 2.90. The first-order valence-electron chi connectivity index (χ1n) is 8.16. The topological polar surface area (TPSA) is 77.5 Å². The van der Waals surface area contributed by atoms with E-state index in [1.807, 2.05) is 0 Å². The van der Waals surface area contributed by atoms with Gasteiger partial charge in [-0.1, -0.05) is 28.4 Å². The molecule has 0 saturated carbocycles. The molecular weight excluding hydrogens is 408 g/mol. The predicted octanol–water partition coefficient (Wildman–Crippen LogP) is 3.76. The summed E-state index contributed by atoms with van der Waals surface area (Å²) in [5.41, 5.74) is 1.90. The zero-order valence-electron chi connectivity index (χ0n) is 14.8. The van der Waals surface area contributed by atoms with Crippen LogP contribution >= 0.6 is 23.2 Å². The first-order valence-corrected chi connectivity index (χ1v) is 8.92. The fraction of sp³-hybridized carbons (Fsp3) is 0.167. The van der Waals surface area contributed by atoms with Gasteiger partial charge in [0.25, 0.3) is 0 Å². The van der Waals surface area contributed by atoms with E-state index in [1.165, 1.54) is 17.9 Å². The molecule has 0 saturated heterocycles. The second-order valence-corrected chi connectivity index (χ2v) is 6.88. The summed E-state index contributed by atoms with van der Waals surface area (Å²) in [5.74, 6) is -0.385. The quantitative estimate of drug-likeness (QED) is 0.542. The number of nitrogens with zero attached hydrogens (tertiary/aromatic N) is 5. The molecule has 0 aliphatic rings. The lowest BCUT2D eigenvalue weighted by molar-refractivity contribution is 0.208. The van der Waals surface area contributed by atoms with Gasteiger partial charge >= 0.3 is 0 Å². The van der Waals surface area contributed by atoms with Crippen molar-refractivity contribution in [1.29, 1.82) is 0 Å². The number of benzene rings is 1. The van der Waals surface area contributed by atoms with E-state index in [4.69, 9.17) is 27.9 Å². The minimum absolute atomic E-state index is 0.0844. The Kier molecular flexibility index (Phi) is 4.70. The van der Waals surface area contributed by atoms with Gasteiger partial charge in [-0.3, -0.25) is 4.40 Å². The van der Waals surface area contributed by atoms with Crippen LogP contribution in [0, 0.1) is 12.7 Å². The lowest BCUT2D eigenvalue weighted by atomic mass is 10.1. The van der Waals surface area contributed by atoms with E-state index in [9.17, 15) is 9.50 Å². The monoisotopic (exact) mass is 421 g/mol. The molecule has 1 unspecified atom stereocenters. The molecule has 144 valence electrons. The number of fused-ring (bicyclic) bond motifs is 1. The van der Waals surface area contributed by atoms with Crippen molar-refractivity contribution in [3.05, 3.63) is 69.7 Å². The van der Waals surface area contributed by atoms with E-state index in [0.717, 1.165) is 11.6 Å². The van der Waals surface area contributed by atoms with Crippen LogP contribution in [0.25, 0.3) is 11.2 Å². The molecule has 0 aliphatic heterocycles. The summed E-state index contributed by atoms with van der Waals surface area (Å²) in [6.45, 7) is 1.66. The van der Waals surface area contributed by atoms with Gasteiger partial charge in [-0.25, -0.2) is 14.1 Å². The lowest BCUT2D eigenvalue weighted by Gasteiger charge is -2.14. The zero-order valence-corrected chi connectivity index (χ0v) is 16.3. The predicted molar refractivity (Wildman–Crippen MR) is 102 cm³/mol. The SMILES string of the molecule is COc1cc(F)c(-n2nnc(C(O)c3c(Cl)ccc4cncn34)c2C)cc1Cl. The van der Waals surface area contributed by atoms with Crippen LogP contribution in [0.5, 0.6) is 5.75 Å². The molecular formula is C18H14Cl2FN5O2. The summed E-state index contributed by atoms with van der Waals surface area (Å²) in [6.07, 6.45) is 1.99. The minimum atomic E-state index is -1.20. The maximum Gasteiger partial charge on any atom is 0.152 e. The van der Waals surface area contributed by atoms with Crippen molar-refractivity contribution in [2.45, 2.75) is 13.0 Å². The summed E-state index contributed by atoms with van der Waals surface area (Å²) in [5, 5.41) is 19.5. The fourth-order valence-corrected chi connectivity index (χ4v) is 3.53. The number of aromatic nitrogens is 5. The smallest absolute Gasteiger partial charge is 0.152 e. The largest absolute Gasteiger partial charge is 0.495 e. The third-order valence-corrected chi connectivity index (χ3v) is 5.08. The van der Waals surface area contributed by atoms with Crippen LogP contribution in [0.15, 0.2) is 36.8 Å². The number of aliphatic hydroxyl groups is 1. The third-order valence-electron chi connectivity index (χ3n) is 4.47. The Hall–Kier alpha value is -2.68. The van der Waals surface area contributed by atoms with Gasteiger partial charge in [0.2, 0.25) is 0 Å².